The normalized spacial score (nSPS) is 22.9. The van der Waals surface area contributed by atoms with Crippen LogP contribution in [0.15, 0.2) is 0 Å². The fourth-order valence-corrected chi connectivity index (χ4v) is 4.43. The van der Waals surface area contributed by atoms with E-state index in [4.69, 9.17) is 12.2 Å². The predicted molar refractivity (Wildman–Crippen MR) is 89.4 cm³/mol. The van der Waals surface area contributed by atoms with Crippen LogP contribution in [0.4, 0.5) is 5.95 Å². The third kappa shape index (κ3) is 2.77. The molecule has 118 valence electrons. The summed E-state index contributed by atoms with van der Waals surface area (Å²) in [5, 5.41) is 7.59. The molecule has 0 bridgehead atoms. The van der Waals surface area contributed by atoms with Crippen molar-refractivity contribution in [2.45, 2.75) is 71.3 Å². The first-order valence-electron chi connectivity index (χ1n) is 8.61. The molecule has 1 saturated carbocycles. The molecule has 1 aliphatic carbocycles. The van der Waals surface area contributed by atoms with Crippen molar-refractivity contribution in [2.24, 2.45) is 5.41 Å². The third-order valence-electron chi connectivity index (χ3n) is 5.98. The van der Waals surface area contributed by atoms with Crippen LogP contribution < -0.4 is 4.90 Å². The van der Waals surface area contributed by atoms with Crippen molar-refractivity contribution in [1.29, 1.82) is 0 Å². The summed E-state index contributed by atoms with van der Waals surface area (Å²) >= 11 is 5.49. The summed E-state index contributed by atoms with van der Waals surface area (Å²) in [5.41, 5.74) is 0.557. The lowest BCUT2D eigenvalue weighted by molar-refractivity contribution is 0.198. The van der Waals surface area contributed by atoms with Crippen molar-refractivity contribution < 1.29 is 0 Å². The Morgan fingerprint density at radius 1 is 1.19 bits per heavy atom. The van der Waals surface area contributed by atoms with Gasteiger partial charge in [-0.05, 0) is 43.3 Å². The number of aromatic amines is 1. The molecule has 1 saturated heterocycles. The summed E-state index contributed by atoms with van der Waals surface area (Å²) < 4.78 is 3.10. The highest BCUT2D eigenvalue weighted by Gasteiger charge is 2.33. The Hall–Kier alpha value is -0.840. The van der Waals surface area contributed by atoms with Crippen LogP contribution in [0.2, 0.25) is 0 Å². The van der Waals surface area contributed by atoms with Gasteiger partial charge in [0.1, 0.15) is 0 Å². The van der Waals surface area contributed by atoms with Crippen LogP contribution in [0.1, 0.15) is 71.3 Å². The lowest BCUT2D eigenvalue weighted by Gasteiger charge is -2.41. The first-order valence-corrected chi connectivity index (χ1v) is 9.02. The van der Waals surface area contributed by atoms with E-state index in [1.54, 1.807) is 0 Å². The molecular weight excluding hydrogens is 280 g/mol. The Bertz CT molecular complexity index is 513. The zero-order valence-electron chi connectivity index (χ0n) is 13.4. The lowest BCUT2D eigenvalue weighted by Crippen LogP contribution is -2.41. The third-order valence-corrected chi connectivity index (χ3v) is 6.27. The molecule has 1 aliphatic heterocycles. The molecule has 0 atom stereocenters. The van der Waals surface area contributed by atoms with E-state index in [1.165, 1.54) is 51.4 Å². The topological polar surface area (TPSA) is 36.9 Å². The second-order valence-corrected chi connectivity index (χ2v) is 7.22. The number of H-pyrrole nitrogens is 1. The second-order valence-electron chi connectivity index (χ2n) is 6.83. The molecule has 0 spiro atoms. The van der Waals surface area contributed by atoms with Gasteiger partial charge in [0, 0.05) is 19.1 Å². The summed E-state index contributed by atoms with van der Waals surface area (Å²) in [5.74, 6) is 1.09. The fraction of sp³-hybridized carbons (Fsp3) is 0.875. The summed E-state index contributed by atoms with van der Waals surface area (Å²) in [6, 6.07) is 0.565. The number of anilines is 1. The molecule has 2 fully saturated rings. The highest BCUT2D eigenvalue weighted by molar-refractivity contribution is 7.71. The van der Waals surface area contributed by atoms with Gasteiger partial charge in [0.05, 0.1) is 0 Å². The van der Waals surface area contributed by atoms with Gasteiger partial charge < -0.3 is 4.90 Å². The van der Waals surface area contributed by atoms with Crippen molar-refractivity contribution in [3.63, 3.8) is 0 Å². The molecular formula is C16H28N4S. The van der Waals surface area contributed by atoms with Gasteiger partial charge >= 0.3 is 0 Å². The highest BCUT2D eigenvalue weighted by atomic mass is 32.1. The highest BCUT2D eigenvalue weighted by Crippen LogP contribution is 2.40. The monoisotopic (exact) mass is 308 g/mol. The predicted octanol–water partition coefficient (Wildman–Crippen LogP) is 4.46. The Balaban J connectivity index is 1.78. The van der Waals surface area contributed by atoms with Crippen LogP contribution in [0.3, 0.4) is 0 Å². The fourth-order valence-electron chi connectivity index (χ4n) is 4.15. The molecule has 4 nitrogen and oxygen atoms in total. The molecule has 3 rings (SSSR count). The molecule has 5 heteroatoms. The maximum atomic E-state index is 5.49. The molecule has 2 heterocycles. The van der Waals surface area contributed by atoms with E-state index in [9.17, 15) is 0 Å². The van der Waals surface area contributed by atoms with E-state index in [-0.39, 0.29) is 0 Å². The average Bonchev–Trinajstić information content (AvgIpc) is 3.16. The molecule has 1 aromatic heterocycles. The van der Waals surface area contributed by atoms with Crippen LogP contribution in [0.5, 0.6) is 0 Å². The summed E-state index contributed by atoms with van der Waals surface area (Å²) in [6.45, 7) is 6.92. The Morgan fingerprint density at radius 2 is 1.81 bits per heavy atom. The number of nitrogens with one attached hydrogen (secondary N) is 1. The Kier molecular flexibility index (Phi) is 4.38. The van der Waals surface area contributed by atoms with Gasteiger partial charge in [-0.3, -0.25) is 4.57 Å². The van der Waals surface area contributed by atoms with Crippen molar-refractivity contribution in [1.82, 2.24) is 14.8 Å². The standard InChI is InChI=1S/C16H28N4S/c1-3-16(4-2)9-11-19(12-10-16)14-17-18-15(21)20(14)13-7-5-6-8-13/h13H,3-12H2,1-2H3,(H,18,21). The van der Waals surface area contributed by atoms with Gasteiger partial charge in [-0.15, -0.1) is 5.10 Å². The quantitative estimate of drug-likeness (QED) is 0.834. The van der Waals surface area contributed by atoms with E-state index in [0.717, 1.165) is 23.8 Å². The number of nitrogens with zero attached hydrogens (tertiary/aromatic N) is 3. The van der Waals surface area contributed by atoms with Crippen LogP contribution >= 0.6 is 12.2 Å². The summed E-state index contributed by atoms with van der Waals surface area (Å²) in [7, 11) is 0. The molecule has 0 aromatic carbocycles. The van der Waals surface area contributed by atoms with Crippen molar-refractivity contribution in [3.05, 3.63) is 4.77 Å². The Labute approximate surface area is 132 Å². The van der Waals surface area contributed by atoms with E-state index in [2.05, 4.69) is 33.5 Å². The molecule has 0 radical (unpaired) electrons. The number of aromatic nitrogens is 3. The molecule has 1 aromatic rings. The first kappa shape index (κ1) is 15.1. The van der Waals surface area contributed by atoms with Gasteiger partial charge in [-0.25, -0.2) is 5.10 Å². The molecule has 1 N–H and O–H groups in total. The smallest absolute Gasteiger partial charge is 0.225 e. The molecule has 0 amide bonds. The second kappa shape index (κ2) is 6.11. The van der Waals surface area contributed by atoms with Crippen LogP contribution in [0.25, 0.3) is 0 Å². The summed E-state index contributed by atoms with van der Waals surface area (Å²) in [4.78, 5) is 2.45. The lowest BCUT2D eigenvalue weighted by atomic mass is 9.74. The zero-order valence-corrected chi connectivity index (χ0v) is 14.2. The van der Waals surface area contributed by atoms with E-state index in [0.29, 0.717) is 11.5 Å². The van der Waals surface area contributed by atoms with Crippen molar-refractivity contribution in [3.8, 4) is 0 Å². The molecule has 2 aliphatic rings. The van der Waals surface area contributed by atoms with Crippen molar-refractivity contribution >= 4 is 18.2 Å². The van der Waals surface area contributed by atoms with E-state index < -0.39 is 0 Å². The number of piperidine rings is 1. The van der Waals surface area contributed by atoms with Crippen LogP contribution in [0, 0.1) is 10.2 Å². The first-order chi connectivity index (χ1) is 10.2. The molecule has 0 unspecified atom stereocenters. The van der Waals surface area contributed by atoms with Gasteiger partial charge in [0.25, 0.3) is 0 Å². The SMILES string of the molecule is CCC1(CC)CCN(c2n[nH]c(=S)n2C2CCCC2)CC1. The maximum Gasteiger partial charge on any atom is 0.225 e. The van der Waals surface area contributed by atoms with Gasteiger partial charge in [-0.2, -0.15) is 0 Å². The van der Waals surface area contributed by atoms with Crippen molar-refractivity contribution in [2.75, 3.05) is 18.0 Å². The maximum absolute atomic E-state index is 5.49. The minimum absolute atomic E-state index is 0.557. The minimum Gasteiger partial charge on any atom is -0.341 e. The molecule has 21 heavy (non-hydrogen) atoms. The largest absolute Gasteiger partial charge is 0.341 e. The van der Waals surface area contributed by atoms with E-state index in [1.807, 2.05) is 0 Å². The van der Waals surface area contributed by atoms with E-state index >= 15 is 0 Å². The van der Waals surface area contributed by atoms with Gasteiger partial charge in [0.2, 0.25) is 5.95 Å². The van der Waals surface area contributed by atoms with Gasteiger partial charge in [0.15, 0.2) is 4.77 Å². The average molecular weight is 308 g/mol. The van der Waals surface area contributed by atoms with Gasteiger partial charge in [-0.1, -0.05) is 39.5 Å². The zero-order chi connectivity index (χ0) is 14.9. The van der Waals surface area contributed by atoms with Crippen LogP contribution in [-0.4, -0.2) is 27.9 Å². The number of hydrogen-bond donors (Lipinski definition) is 1. The van der Waals surface area contributed by atoms with Crippen LogP contribution in [-0.2, 0) is 0 Å². The summed E-state index contributed by atoms with van der Waals surface area (Å²) in [6.07, 6.45) is 10.3. The Morgan fingerprint density at radius 3 is 2.38 bits per heavy atom. The number of hydrogen-bond acceptors (Lipinski definition) is 3. The minimum atomic E-state index is 0.557. The number of rotatable bonds is 4.